The lowest BCUT2D eigenvalue weighted by Gasteiger charge is -2.07. The van der Waals surface area contributed by atoms with E-state index in [4.69, 9.17) is 5.11 Å². The molecule has 0 spiro atoms. The van der Waals surface area contributed by atoms with Gasteiger partial charge in [-0.05, 0) is 12.1 Å². The summed E-state index contributed by atoms with van der Waals surface area (Å²) in [6.45, 7) is 0. The predicted molar refractivity (Wildman–Crippen MR) is 59.4 cm³/mol. The van der Waals surface area contributed by atoms with Gasteiger partial charge in [0.05, 0.1) is 5.69 Å². The van der Waals surface area contributed by atoms with E-state index >= 15 is 0 Å². The average Bonchev–Trinajstić information content (AvgIpc) is 2.85. The number of hydrogen-bond donors (Lipinski definition) is 4. The third-order valence-corrected chi connectivity index (χ3v) is 2.14. The van der Waals surface area contributed by atoms with E-state index < -0.39 is 17.6 Å². The fraction of sp³-hybridized carbons (Fsp3) is 0. The van der Waals surface area contributed by atoms with E-state index in [0.717, 1.165) is 6.33 Å². The molecule has 1 heterocycles. The third-order valence-electron chi connectivity index (χ3n) is 2.14. The molecule has 8 nitrogen and oxygen atoms in total. The Kier molecular flexibility index (Phi) is 2.92. The molecule has 18 heavy (non-hydrogen) atoms. The lowest BCUT2D eigenvalue weighted by Crippen LogP contribution is -2.14. The van der Waals surface area contributed by atoms with Crippen LogP contribution in [0.4, 0.5) is 5.69 Å². The van der Waals surface area contributed by atoms with E-state index in [9.17, 15) is 14.7 Å². The second-order valence-corrected chi connectivity index (χ2v) is 3.30. The monoisotopic (exact) mass is 248 g/mol. The summed E-state index contributed by atoms with van der Waals surface area (Å²) in [5.41, 5.74) is -0.318. The van der Waals surface area contributed by atoms with Crippen LogP contribution in [0.1, 0.15) is 21.0 Å². The molecule has 0 bridgehead atoms. The standard InChI is InChI=1S/C10H8N4O4/c15-7-5(10(17)18)2-1-3-6(7)13-9(16)8-11-4-12-14-8/h1-4,15H,(H,13,16)(H,17,18)(H,11,12,14). The summed E-state index contributed by atoms with van der Waals surface area (Å²) in [6, 6.07) is 4.00. The van der Waals surface area contributed by atoms with Crippen molar-refractivity contribution in [1.82, 2.24) is 15.2 Å². The smallest absolute Gasteiger partial charge is 0.339 e. The molecule has 0 aliphatic rings. The molecule has 0 radical (unpaired) electrons. The van der Waals surface area contributed by atoms with Crippen molar-refractivity contribution < 1.29 is 19.8 Å². The van der Waals surface area contributed by atoms with Gasteiger partial charge in [0.2, 0.25) is 5.82 Å². The first-order valence-electron chi connectivity index (χ1n) is 4.81. The number of aromatic nitrogens is 3. The number of amides is 1. The van der Waals surface area contributed by atoms with Gasteiger partial charge in [0.1, 0.15) is 11.9 Å². The molecule has 0 saturated heterocycles. The largest absolute Gasteiger partial charge is 0.505 e. The summed E-state index contributed by atoms with van der Waals surface area (Å²) in [5, 5.41) is 26.6. The number of carboxylic acids is 1. The average molecular weight is 248 g/mol. The number of para-hydroxylation sites is 1. The minimum absolute atomic E-state index is 0.0173. The van der Waals surface area contributed by atoms with Crippen molar-refractivity contribution in [2.24, 2.45) is 0 Å². The highest BCUT2D eigenvalue weighted by atomic mass is 16.4. The molecule has 0 aliphatic heterocycles. The van der Waals surface area contributed by atoms with Crippen molar-refractivity contribution in [3.8, 4) is 5.75 Å². The first-order chi connectivity index (χ1) is 8.59. The van der Waals surface area contributed by atoms with Crippen LogP contribution in [0.2, 0.25) is 0 Å². The van der Waals surface area contributed by atoms with Crippen LogP contribution in [0.25, 0.3) is 0 Å². The quantitative estimate of drug-likeness (QED) is 0.584. The Morgan fingerprint density at radius 1 is 1.33 bits per heavy atom. The van der Waals surface area contributed by atoms with E-state index in [1.54, 1.807) is 0 Å². The Balaban J connectivity index is 2.27. The SMILES string of the molecule is O=C(Nc1cccc(C(=O)O)c1O)c1ncn[nH]1. The van der Waals surface area contributed by atoms with Crippen molar-refractivity contribution in [1.29, 1.82) is 0 Å². The molecular weight excluding hydrogens is 240 g/mol. The molecule has 0 aliphatic carbocycles. The summed E-state index contributed by atoms with van der Waals surface area (Å²) >= 11 is 0. The van der Waals surface area contributed by atoms with Gasteiger partial charge >= 0.3 is 5.97 Å². The summed E-state index contributed by atoms with van der Waals surface area (Å²) in [7, 11) is 0. The number of aromatic hydroxyl groups is 1. The molecule has 8 heteroatoms. The van der Waals surface area contributed by atoms with Gasteiger partial charge in [-0.1, -0.05) is 6.07 Å². The van der Waals surface area contributed by atoms with Crippen molar-refractivity contribution in [2.45, 2.75) is 0 Å². The van der Waals surface area contributed by atoms with Gasteiger partial charge < -0.3 is 15.5 Å². The van der Waals surface area contributed by atoms with Gasteiger partial charge in [-0.25, -0.2) is 9.78 Å². The fourth-order valence-electron chi connectivity index (χ4n) is 1.31. The Bertz CT molecular complexity index is 594. The Hall–Kier alpha value is -2.90. The van der Waals surface area contributed by atoms with Gasteiger partial charge in [0.15, 0.2) is 5.75 Å². The van der Waals surface area contributed by atoms with E-state index in [-0.39, 0.29) is 17.1 Å². The second kappa shape index (κ2) is 4.53. The molecule has 2 rings (SSSR count). The lowest BCUT2D eigenvalue weighted by atomic mass is 10.1. The van der Waals surface area contributed by atoms with Crippen LogP contribution < -0.4 is 5.32 Å². The van der Waals surface area contributed by atoms with Gasteiger partial charge in [-0.2, -0.15) is 5.10 Å². The number of benzene rings is 1. The lowest BCUT2D eigenvalue weighted by molar-refractivity contribution is 0.0693. The number of aromatic amines is 1. The molecule has 92 valence electrons. The van der Waals surface area contributed by atoms with Gasteiger partial charge in [0.25, 0.3) is 5.91 Å². The number of anilines is 1. The van der Waals surface area contributed by atoms with Crippen LogP contribution in [0, 0.1) is 0 Å². The van der Waals surface area contributed by atoms with Crippen molar-refractivity contribution in [3.05, 3.63) is 35.9 Å². The van der Waals surface area contributed by atoms with Crippen LogP contribution in [0.3, 0.4) is 0 Å². The molecule has 2 aromatic rings. The second-order valence-electron chi connectivity index (χ2n) is 3.30. The van der Waals surface area contributed by atoms with Crippen LogP contribution >= 0.6 is 0 Å². The highest BCUT2D eigenvalue weighted by molar-refractivity contribution is 6.04. The molecule has 1 aromatic carbocycles. The number of hydrogen-bond acceptors (Lipinski definition) is 5. The van der Waals surface area contributed by atoms with Crippen molar-refractivity contribution >= 4 is 17.6 Å². The Morgan fingerprint density at radius 3 is 2.72 bits per heavy atom. The molecule has 1 amide bonds. The van der Waals surface area contributed by atoms with Gasteiger partial charge in [-0.3, -0.25) is 9.89 Å². The highest BCUT2D eigenvalue weighted by Crippen LogP contribution is 2.27. The number of H-pyrrole nitrogens is 1. The van der Waals surface area contributed by atoms with E-state index in [1.165, 1.54) is 18.2 Å². The number of carbonyl (C=O) groups excluding carboxylic acids is 1. The van der Waals surface area contributed by atoms with Gasteiger partial charge in [0, 0.05) is 0 Å². The van der Waals surface area contributed by atoms with E-state index in [1.807, 2.05) is 0 Å². The summed E-state index contributed by atoms with van der Waals surface area (Å²) in [5.74, 6) is -2.48. The summed E-state index contributed by atoms with van der Waals surface area (Å²) in [4.78, 5) is 26.0. The Labute approximate surface area is 100 Å². The van der Waals surface area contributed by atoms with Crippen molar-refractivity contribution in [2.75, 3.05) is 5.32 Å². The van der Waals surface area contributed by atoms with Crippen LogP contribution in [-0.2, 0) is 0 Å². The van der Waals surface area contributed by atoms with E-state index in [0.29, 0.717) is 0 Å². The Morgan fingerprint density at radius 2 is 2.11 bits per heavy atom. The third kappa shape index (κ3) is 2.12. The number of phenols is 1. The molecule has 0 atom stereocenters. The molecule has 0 saturated carbocycles. The maximum absolute atomic E-state index is 11.6. The number of aromatic carboxylic acids is 1. The van der Waals surface area contributed by atoms with Crippen molar-refractivity contribution in [3.63, 3.8) is 0 Å². The van der Waals surface area contributed by atoms with Crippen LogP contribution in [0.5, 0.6) is 5.75 Å². The number of carbonyl (C=O) groups is 2. The number of nitrogens with one attached hydrogen (secondary N) is 2. The maximum Gasteiger partial charge on any atom is 0.339 e. The zero-order chi connectivity index (χ0) is 13.1. The number of nitrogens with zero attached hydrogens (tertiary/aromatic N) is 2. The molecule has 0 fully saturated rings. The zero-order valence-corrected chi connectivity index (χ0v) is 8.91. The van der Waals surface area contributed by atoms with Crippen LogP contribution in [0.15, 0.2) is 24.5 Å². The number of rotatable bonds is 3. The summed E-state index contributed by atoms with van der Waals surface area (Å²) in [6.07, 6.45) is 1.16. The van der Waals surface area contributed by atoms with Crippen LogP contribution in [-0.4, -0.2) is 37.3 Å². The minimum atomic E-state index is -1.29. The number of carboxylic acid groups (broad SMARTS) is 1. The molecule has 0 unspecified atom stereocenters. The topological polar surface area (TPSA) is 128 Å². The van der Waals surface area contributed by atoms with Gasteiger partial charge in [-0.15, -0.1) is 0 Å². The normalized spacial score (nSPS) is 10.0. The maximum atomic E-state index is 11.6. The van der Waals surface area contributed by atoms with E-state index in [2.05, 4.69) is 20.5 Å². The molecular formula is C10H8N4O4. The minimum Gasteiger partial charge on any atom is -0.505 e. The summed E-state index contributed by atoms with van der Waals surface area (Å²) < 4.78 is 0. The first kappa shape index (κ1) is 11.6. The zero-order valence-electron chi connectivity index (χ0n) is 8.91. The fourth-order valence-corrected chi connectivity index (χ4v) is 1.31. The molecule has 4 N–H and O–H groups in total. The highest BCUT2D eigenvalue weighted by Gasteiger charge is 2.16. The predicted octanol–water partition coefficient (Wildman–Crippen LogP) is 0.461. The first-order valence-corrected chi connectivity index (χ1v) is 4.81. The molecule has 1 aromatic heterocycles.